The van der Waals surface area contributed by atoms with Crippen molar-refractivity contribution in [1.82, 2.24) is 0 Å². The van der Waals surface area contributed by atoms with Gasteiger partial charge < -0.3 is 9.84 Å². The second-order valence-electron chi connectivity index (χ2n) is 5.39. The molecule has 19 heavy (non-hydrogen) atoms. The molecule has 0 amide bonds. The second kappa shape index (κ2) is 13.9. The smallest absolute Gasteiger partial charge is 0.305 e. The van der Waals surface area contributed by atoms with E-state index in [1.165, 1.54) is 39.2 Å². The summed E-state index contributed by atoms with van der Waals surface area (Å²) in [6.07, 6.45) is 12.7. The Kier molecular flexibility index (Phi) is 13.4. The minimum atomic E-state index is -0.102. The highest BCUT2D eigenvalue weighted by Gasteiger charge is 2.03. The molecule has 0 aliphatic rings. The molecular weight excluding hydrogens is 240 g/mol. The number of hydrogen-bond acceptors (Lipinski definition) is 3. The van der Waals surface area contributed by atoms with Gasteiger partial charge >= 0.3 is 5.97 Å². The molecule has 0 aromatic rings. The average molecular weight is 272 g/mol. The molecule has 0 aromatic carbocycles. The molecule has 0 spiro atoms. The van der Waals surface area contributed by atoms with Crippen molar-refractivity contribution in [1.29, 1.82) is 0 Å². The lowest BCUT2D eigenvalue weighted by Gasteiger charge is -2.09. The number of aliphatic hydroxyl groups excluding tert-OH is 1. The van der Waals surface area contributed by atoms with Gasteiger partial charge in [-0.3, -0.25) is 4.79 Å². The van der Waals surface area contributed by atoms with Crippen molar-refractivity contribution < 1.29 is 14.6 Å². The second-order valence-corrected chi connectivity index (χ2v) is 5.39. The molecule has 3 nitrogen and oxygen atoms in total. The predicted octanol–water partition coefficient (Wildman–Crippen LogP) is 4.22. The molecule has 0 radical (unpaired) electrons. The highest BCUT2D eigenvalue weighted by molar-refractivity contribution is 5.68. The Morgan fingerprint density at radius 3 is 2.05 bits per heavy atom. The van der Waals surface area contributed by atoms with Gasteiger partial charge in [0, 0.05) is 6.42 Å². The number of unbranched alkanes of at least 4 members (excludes halogenated alkanes) is 7. The van der Waals surface area contributed by atoms with Crippen LogP contribution in [0.25, 0.3) is 0 Å². The van der Waals surface area contributed by atoms with Crippen LogP contribution in [0.3, 0.4) is 0 Å². The Morgan fingerprint density at radius 1 is 0.947 bits per heavy atom. The normalized spacial score (nSPS) is 12.4. The summed E-state index contributed by atoms with van der Waals surface area (Å²) in [5, 5.41) is 9.75. The van der Waals surface area contributed by atoms with E-state index in [2.05, 4.69) is 11.7 Å². The van der Waals surface area contributed by atoms with Gasteiger partial charge in [0.05, 0.1) is 13.2 Å². The first-order chi connectivity index (χ1) is 9.20. The monoisotopic (exact) mass is 272 g/mol. The number of carbonyl (C=O) groups excluding carboxylic acids is 1. The van der Waals surface area contributed by atoms with Gasteiger partial charge in [-0.15, -0.1) is 0 Å². The zero-order valence-electron chi connectivity index (χ0n) is 12.8. The van der Waals surface area contributed by atoms with Crippen LogP contribution < -0.4 is 0 Å². The maximum Gasteiger partial charge on any atom is 0.305 e. The van der Waals surface area contributed by atoms with E-state index in [1.807, 2.05) is 0 Å². The standard InChI is InChI=1S/C16H32O3/c1-3-4-9-12-15(17)13-10-7-5-6-8-11-14-16(18)19-2/h15,17H,3-14H2,1-2H3. The third-order valence-electron chi connectivity index (χ3n) is 3.54. The van der Waals surface area contributed by atoms with Crippen LogP contribution in [0.1, 0.15) is 84.0 Å². The van der Waals surface area contributed by atoms with Crippen molar-refractivity contribution in [2.45, 2.75) is 90.1 Å². The lowest BCUT2D eigenvalue weighted by Crippen LogP contribution is -2.05. The summed E-state index contributed by atoms with van der Waals surface area (Å²) in [6, 6.07) is 0. The maximum atomic E-state index is 10.9. The highest BCUT2D eigenvalue weighted by atomic mass is 16.5. The van der Waals surface area contributed by atoms with Gasteiger partial charge in [0.25, 0.3) is 0 Å². The van der Waals surface area contributed by atoms with E-state index in [-0.39, 0.29) is 12.1 Å². The largest absolute Gasteiger partial charge is 0.469 e. The predicted molar refractivity (Wildman–Crippen MR) is 79.1 cm³/mol. The maximum absolute atomic E-state index is 10.9. The molecule has 1 atom stereocenters. The summed E-state index contributed by atoms with van der Waals surface area (Å²) < 4.78 is 4.60. The average Bonchev–Trinajstić information content (AvgIpc) is 2.41. The summed E-state index contributed by atoms with van der Waals surface area (Å²) in [6.45, 7) is 2.19. The molecule has 0 aliphatic carbocycles. The third kappa shape index (κ3) is 13.7. The number of hydrogen-bond donors (Lipinski definition) is 1. The Balaban J connectivity index is 3.15. The minimum absolute atomic E-state index is 0.0918. The van der Waals surface area contributed by atoms with E-state index in [0.29, 0.717) is 6.42 Å². The van der Waals surface area contributed by atoms with Crippen LogP contribution in [0, 0.1) is 0 Å². The van der Waals surface area contributed by atoms with Gasteiger partial charge in [0.1, 0.15) is 0 Å². The number of carbonyl (C=O) groups is 1. The molecule has 0 rings (SSSR count). The fourth-order valence-corrected chi connectivity index (χ4v) is 2.23. The summed E-state index contributed by atoms with van der Waals surface area (Å²) in [5.74, 6) is -0.102. The molecule has 1 N–H and O–H groups in total. The first-order valence-electron chi connectivity index (χ1n) is 7.95. The molecule has 3 heteroatoms. The van der Waals surface area contributed by atoms with Crippen LogP contribution in [0.5, 0.6) is 0 Å². The lowest BCUT2D eigenvalue weighted by atomic mass is 10.0. The van der Waals surface area contributed by atoms with Gasteiger partial charge in [-0.1, -0.05) is 58.3 Å². The fraction of sp³-hybridized carbons (Fsp3) is 0.938. The number of rotatable bonds is 13. The van der Waals surface area contributed by atoms with E-state index < -0.39 is 0 Å². The molecule has 114 valence electrons. The van der Waals surface area contributed by atoms with Crippen molar-refractivity contribution >= 4 is 5.97 Å². The van der Waals surface area contributed by atoms with Crippen LogP contribution in [-0.4, -0.2) is 24.3 Å². The van der Waals surface area contributed by atoms with E-state index in [1.54, 1.807) is 0 Å². The zero-order chi connectivity index (χ0) is 14.3. The number of methoxy groups -OCH3 is 1. The van der Waals surface area contributed by atoms with E-state index >= 15 is 0 Å². The zero-order valence-corrected chi connectivity index (χ0v) is 12.8. The summed E-state index contributed by atoms with van der Waals surface area (Å²) in [7, 11) is 1.44. The summed E-state index contributed by atoms with van der Waals surface area (Å²) in [4.78, 5) is 10.9. The van der Waals surface area contributed by atoms with E-state index in [4.69, 9.17) is 0 Å². The molecule has 0 saturated carbocycles. The third-order valence-corrected chi connectivity index (χ3v) is 3.54. The van der Waals surface area contributed by atoms with Gasteiger partial charge in [-0.05, 0) is 19.3 Å². The van der Waals surface area contributed by atoms with E-state index in [9.17, 15) is 9.90 Å². The van der Waals surface area contributed by atoms with Crippen molar-refractivity contribution in [2.75, 3.05) is 7.11 Å². The van der Waals surface area contributed by atoms with Crippen molar-refractivity contribution in [3.05, 3.63) is 0 Å². The molecular formula is C16H32O3. The first-order valence-corrected chi connectivity index (χ1v) is 7.95. The first kappa shape index (κ1) is 18.4. The van der Waals surface area contributed by atoms with Crippen LogP contribution in [0.2, 0.25) is 0 Å². The molecule has 0 saturated heterocycles. The molecule has 0 aromatic heterocycles. The van der Waals surface area contributed by atoms with Crippen molar-refractivity contribution in [3.8, 4) is 0 Å². The Labute approximate surface area is 118 Å². The van der Waals surface area contributed by atoms with Gasteiger partial charge in [0.15, 0.2) is 0 Å². The molecule has 0 bridgehead atoms. The van der Waals surface area contributed by atoms with Crippen molar-refractivity contribution in [2.24, 2.45) is 0 Å². The summed E-state index contributed by atoms with van der Waals surface area (Å²) >= 11 is 0. The lowest BCUT2D eigenvalue weighted by molar-refractivity contribution is -0.140. The van der Waals surface area contributed by atoms with Gasteiger partial charge in [-0.25, -0.2) is 0 Å². The van der Waals surface area contributed by atoms with Crippen LogP contribution in [0.15, 0.2) is 0 Å². The number of aliphatic hydroxyl groups is 1. The molecule has 0 heterocycles. The topological polar surface area (TPSA) is 46.5 Å². The SMILES string of the molecule is CCCCCC(O)CCCCCCCCC(=O)OC. The Bertz CT molecular complexity index is 204. The minimum Gasteiger partial charge on any atom is -0.469 e. The number of esters is 1. The van der Waals surface area contributed by atoms with Crippen molar-refractivity contribution in [3.63, 3.8) is 0 Å². The van der Waals surface area contributed by atoms with E-state index in [0.717, 1.165) is 38.5 Å². The molecule has 0 fully saturated rings. The highest BCUT2D eigenvalue weighted by Crippen LogP contribution is 2.13. The Hall–Kier alpha value is -0.570. The van der Waals surface area contributed by atoms with Gasteiger partial charge in [0.2, 0.25) is 0 Å². The summed E-state index contributed by atoms with van der Waals surface area (Å²) in [5.41, 5.74) is 0. The molecule has 1 unspecified atom stereocenters. The van der Waals surface area contributed by atoms with Crippen LogP contribution in [-0.2, 0) is 9.53 Å². The van der Waals surface area contributed by atoms with Crippen LogP contribution >= 0.6 is 0 Å². The Morgan fingerprint density at radius 2 is 1.47 bits per heavy atom. The fourth-order valence-electron chi connectivity index (χ4n) is 2.23. The van der Waals surface area contributed by atoms with Gasteiger partial charge in [-0.2, -0.15) is 0 Å². The van der Waals surface area contributed by atoms with Crippen LogP contribution in [0.4, 0.5) is 0 Å². The number of ether oxygens (including phenoxy) is 1. The quantitative estimate of drug-likeness (QED) is 0.403. The molecule has 0 aliphatic heterocycles.